The SMILES string of the molecule is CC(NC(=O)c1ccccc1Cl)c1nnc(SCC(=O)Nc2ccc(F)cc2)n1C. The molecule has 3 aromatic rings. The second-order valence-electron chi connectivity index (χ2n) is 6.42. The molecule has 3 rings (SSSR count). The number of rotatable bonds is 7. The lowest BCUT2D eigenvalue weighted by atomic mass is 10.2. The number of aromatic nitrogens is 3. The van der Waals surface area contributed by atoms with Gasteiger partial charge in [0, 0.05) is 12.7 Å². The number of hydrogen-bond acceptors (Lipinski definition) is 5. The molecule has 1 heterocycles. The topological polar surface area (TPSA) is 88.9 Å². The van der Waals surface area contributed by atoms with Gasteiger partial charge in [-0.25, -0.2) is 4.39 Å². The Kier molecular flexibility index (Phi) is 7.07. The standard InChI is InChI=1S/C20H19ClFN5O2S/c1-12(23-19(29)15-5-3-4-6-16(15)21)18-25-26-20(27(18)2)30-11-17(28)24-14-9-7-13(22)8-10-14/h3-10,12H,11H2,1-2H3,(H,23,29)(H,24,28). The molecule has 0 bridgehead atoms. The number of nitrogens with one attached hydrogen (secondary N) is 2. The fourth-order valence-corrected chi connectivity index (χ4v) is 3.61. The summed E-state index contributed by atoms with van der Waals surface area (Å²) in [5.74, 6) is -0.300. The number of thioether (sulfide) groups is 1. The second-order valence-corrected chi connectivity index (χ2v) is 7.77. The van der Waals surface area contributed by atoms with Crippen molar-refractivity contribution in [2.24, 2.45) is 7.05 Å². The average molecular weight is 448 g/mol. The molecule has 1 atom stereocenters. The molecule has 0 fully saturated rings. The van der Waals surface area contributed by atoms with Crippen molar-refractivity contribution in [2.45, 2.75) is 18.1 Å². The zero-order valence-corrected chi connectivity index (χ0v) is 17.8. The van der Waals surface area contributed by atoms with Crippen LogP contribution < -0.4 is 10.6 Å². The van der Waals surface area contributed by atoms with Crippen LogP contribution >= 0.6 is 23.4 Å². The number of amides is 2. The smallest absolute Gasteiger partial charge is 0.253 e. The summed E-state index contributed by atoms with van der Waals surface area (Å²) in [7, 11) is 1.76. The van der Waals surface area contributed by atoms with Crippen molar-refractivity contribution < 1.29 is 14.0 Å². The molecule has 0 aliphatic carbocycles. The van der Waals surface area contributed by atoms with Gasteiger partial charge in [0.25, 0.3) is 5.91 Å². The molecule has 1 unspecified atom stereocenters. The summed E-state index contributed by atoms with van der Waals surface area (Å²) in [6.45, 7) is 1.79. The molecule has 0 aliphatic rings. The van der Waals surface area contributed by atoms with Crippen molar-refractivity contribution in [3.05, 3.63) is 70.8 Å². The van der Waals surface area contributed by atoms with Crippen LogP contribution in [0.3, 0.4) is 0 Å². The number of carbonyl (C=O) groups excluding carboxylic acids is 2. The highest BCUT2D eigenvalue weighted by molar-refractivity contribution is 7.99. The van der Waals surface area contributed by atoms with Crippen LogP contribution in [0.5, 0.6) is 0 Å². The number of nitrogens with zero attached hydrogens (tertiary/aromatic N) is 3. The lowest BCUT2D eigenvalue weighted by Crippen LogP contribution is -2.28. The summed E-state index contributed by atoms with van der Waals surface area (Å²) in [6.07, 6.45) is 0. The van der Waals surface area contributed by atoms with Gasteiger partial charge in [-0.3, -0.25) is 9.59 Å². The molecule has 30 heavy (non-hydrogen) atoms. The summed E-state index contributed by atoms with van der Waals surface area (Å²) in [6, 6.07) is 11.9. The molecule has 7 nitrogen and oxygen atoms in total. The highest BCUT2D eigenvalue weighted by atomic mass is 35.5. The van der Waals surface area contributed by atoms with Crippen LogP contribution in [0.25, 0.3) is 0 Å². The Labute approximate surface area is 182 Å². The Bertz CT molecular complexity index is 1060. The Morgan fingerprint density at radius 3 is 2.57 bits per heavy atom. The predicted octanol–water partition coefficient (Wildman–Crippen LogP) is 3.83. The average Bonchev–Trinajstić information content (AvgIpc) is 3.09. The van der Waals surface area contributed by atoms with E-state index in [0.29, 0.717) is 27.3 Å². The molecule has 0 saturated heterocycles. The maximum absolute atomic E-state index is 12.9. The van der Waals surface area contributed by atoms with E-state index in [4.69, 9.17) is 11.6 Å². The van der Waals surface area contributed by atoms with Crippen molar-refractivity contribution in [2.75, 3.05) is 11.1 Å². The summed E-state index contributed by atoms with van der Waals surface area (Å²) in [5, 5.41) is 14.6. The van der Waals surface area contributed by atoms with Crippen molar-refractivity contribution in [3.8, 4) is 0 Å². The van der Waals surface area contributed by atoms with Crippen LogP contribution in [0.15, 0.2) is 53.7 Å². The van der Waals surface area contributed by atoms with E-state index in [1.807, 2.05) is 0 Å². The van der Waals surface area contributed by atoms with Crippen LogP contribution in [0.2, 0.25) is 5.02 Å². The first kappa shape index (κ1) is 21.8. The first-order valence-electron chi connectivity index (χ1n) is 8.98. The van der Waals surface area contributed by atoms with Crippen molar-refractivity contribution in [3.63, 3.8) is 0 Å². The Balaban J connectivity index is 1.58. The molecule has 156 valence electrons. The van der Waals surface area contributed by atoms with E-state index in [0.717, 1.165) is 0 Å². The third-order valence-electron chi connectivity index (χ3n) is 4.18. The van der Waals surface area contributed by atoms with Gasteiger partial charge in [-0.15, -0.1) is 10.2 Å². The lowest BCUT2D eigenvalue weighted by Gasteiger charge is -2.14. The maximum atomic E-state index is 12.9. The molecule has 2 amide bonds. The van der Waals surface area contributed by atoms with E-state index in [1.165, 1.54) is 36.0 Å². The largest absolute Gasteiger partial charge is 0.342 e. The minimum absolute atomic E-state index is 0.101. The Hall–Kier alpha value is -2.91. The summed E-state index contributed by atoms with van der Waals surface area (Å²) < 4.78 is 14.6. The van der Waals surface area contributed by atoms with E-state index in [2.05, 4.69) is 20.8 Å². The van der Waals surface area contributed by atoms with E-state index in [-0.39, 0.29) is 23.4 Å². The monoisotopic (exact) mass is 447 g/mol. The quantitative estimate of drug-likeness (QED) is 0.537. The van der Waals surface area contributed by atoms with Gasteiger partial charge in [-0.2, -0.15) is 0 Å². The van der Waals surface area contributed by atoms with E-state index < -0.39 is 6.04 Å². The molecule has 2 N–H and O–H groups in total. The van der Waals surface area contributed by atoms with E-state index in [9.17, 15) is 14.0 Å². The van der Waals surface area contributed by atoms with Gasteiger partial charge in [0.15, 0.2) is 11.0 Å². The lowest BCUT2D eigenvalue weighted by molar-refractivity contribution is -0.113. The minimum atomic E-state index is -0.423. The third-order valence-corrected chi connectivity index (χ3v) is 5.53. The molecule has 0 saturated carbocycles. The molecular weight excluding hydrogens is 429 g/mol. The number of carbonyl (C=O) groups is 2. The van der Waals surface area contributed by atoms with Crippen LogP contribution in [0.1, 0.15) is 29.1 Å². The first-order valence-corrected chi connectivity index (χ1v) is 10.3. The number of hydrogen-bond donors (Lipinski definition) is 2. The molecule has 10 heteroatoms. The maximum Gasteiger partial charge on any atom is 0.253 e. The van der Waals surface area contributed by atoms with Gasteiger partial charge in [0.1, 0.15) is 5.82 Å². The highest BCUT2D eigenvalue weighted by Gasteiger charge is 2.20. The normalized spacial score (nSPS) is 11.7. The van der Waals surface area contributed by atoms with E-state index in [1.54, 1.807) is 42.8 Å². The highest BCUT2D eigenvalue weighted by Crippen LogP contribution is 2.21. The van der Waals surface area contributed by atoms with Crippen molar-refractivity contribution >= 4 is 40.9 Å². The van der Waals surface area contributed by atoms with E-state index >= 15 is 0 Å². The number of anilines is 1. The minimum Gasteiger partial charge on any atom is -0.342 e. The Morgan fingerprint density at radius 2 is 1.87 bits per heavy atom. The number of benzene rings is 2. The van der Waals surface area contributed by atoms with Gasteiger partial charge >= 0.3 is 0 Å². The molecule has 0 spiro atoms. The zero-order valence-electron chi connectivity index (χ0n) is 16.2. The van der Waals surface area contributed by atoms with Gasteiger partial charge < -0.3 is 15.2 Å². The number of halogens is 2. The van der Waals surface area contributed by atoms with Crippen LogP contribution in [0, 0.1) is 5.82 Å². The molecule has 0 aliphatic heterocycles. The van der Waals surface area contributed by atoms with Crippen molar-refractivity contribution in [1.82, 2.24) is 20.1 Å². The molecule has 2 aromatic carbocycles. The Morgan fingerprint density at radius 1 is 1.17 bits per heavy atom. The summed E-state index contributed by atoms with van der Waals surface area (Å²) in [5.41, 5.74) is 0.886. The van der Waals surface area contributed by atoms with Gasteiger partial charge in [0.05, 0.1) is 22.4 Å². The zero-order chi connectivity index (χ0) is 21.7. The summed E-state index contributed by atoms with van der Waals surface area (Å²) >= 11 is 7.27. The first-order chi connectivity index (χ1) is 14.3. The van der Waals surface area contributed by atoms with Gasteiger partial charge in [-0.05, 0) is 43.3 Å². The van der Waals surface area contributed by atoms with Gasteiger partial charge in [-0.1, -0.05) is 35.5 Å². The predicted molar refractivity (Wildman–Crippen MR) is 114 cm³/mol. The second kappa shape index (κ2) is 9.73. The van der Waals surface area contributed by atoms with Gasteiger partial charge in [0.2, 0.25) is 5.91 Å². The fraction of sp³-hybridized carbons (Fsp3) is 0.200. The third kappa shape index (κ3) is 5.37. The fourth-order valence-electron chi connectivity index (χ4n) is 2.67. The van der Waals surface area contributed by atoms with Crippen LogP contribution in [0.4, 0.5) is 10.1 Å². The molecular formula is C20H19ClFN5O2S. The van der Waals surface area contributed by atoms with Crippen molar-refractivity contribution in [1.29, 1.82) is 0 Å². The summed E-state index contributed by atoms with van der Waals surface area (Å²) in [4.78, 5) is 24.5. The molecule has 1 aromatic heterocycles. The van der Waals surface area contributed by atoms with Crippen LogP contribution in [-0.4, -0.2) is 32.3 Å². The molecule has 0 radical (unpaired) electrons. The van der Waals surface area contributed by atoms with Crippen LogP contribution in [-0.2, 0) is 11.8 Å².